The van der Waals surface area contributed by atoms with E-state index in [0.717, 1.165) is 41.9 Å². The molecule has 0 aliphatic heterocycles. The summed E-state index contributed by atoms with van der Waals surface area (Å²) in [6.07, 6.45) is 6.54. The van der Waals surface area contributed by atoms with Crippen LogP contribution in [0.15, 0.2) is 14.0 Å². The zero-order valence-electron chi connectivity index (χ0n) is 14.5. The molecule has 4 aliphatic carbocycles. The Balaban J connectivity index is 0.000000845. The summed E-state index contributed by atoms with van der Waals surface area (Å²) in [5, 5.41) is 0. The van der Waals surface area contributed by atoms with Crippen molar-refractivity contribution in [2.75, 3.05) is 0 Å². The normalized spacial score (nSPS) is 44.2. The van der Waals surface area contributed by atoms with Crippen molar-refractivity contribution in [3.8, 4) is 0 Å². The zero-order chi connectivity index (χ0) is 15.2. The summed E-state index contributed by atoms with van der Waals surface area (Å²) in [5.41, 5.74) is 0.439. The molecule has 1 aromatic rings. The maximum atomic E-state index is 12.0. The summed E-state index contributed by atoms with van der Waals surface area (Å²) in [4.78, 5) is 23.5. The van der Waals surface area contributed by atoms with Crippen LogP contribution in [0.3, 0.4) is 0 Å². The Morgan fingerprint density at radius 2 is 1.62 bits per heavy atom. The number of hydrogen-bond donors (Lipinski definition) is 0. The third-order valence-corrected chi connectivity index (χ3v) is 8.11. The molecule has 126 valence electrons. The van der Waals surface area contributed by atoms with Gasteiger partial charge in [0.05, 0.1) is 11.3 Å². The minimum Gasteiger partial charge on any atom is -0.601 e. The van der Waals surface area contributed by atoms with E-state index >= 15 is 0 Å². The van der Waals surface area contributed by atoms with Crippen LogP contribution in [0, 0.1) is 54.3 Å². The third-order valence-electron chi connectivity index (χ3n) is 8.11. The van der Waals surface area contributed by atoms with Crippen LogP contribution < -0.4 is 11.3 Å². The van der Waals surface area contributed by atoms with Crippen molar-refractivity contribution in [1.29, 1.82) is 0 Å². The maximum Gasteiger partial charge on any atom is 0.0767 e. The van der Waals surface area contributed by atoms with Gasteiger partial charge < -0.3 is 14.0 Å². The van der Waals surface area contributed by atoms with Gasteiger partial charge in [-0.25, -0.2) is 0 Å². The van der Waals surface area contributed by atoms with E-state index in [0.29, 0.717) is 23.0 Å². The van der Waals surface area contributed by atoms with Crippen molar-refractivity contribution in [1.82, 2.24) is 0 Å². The molecule has 8 atom stereocenters. The second-order valence-electron chi connectivity index (χ2n) is 8.56. The van der Waals surface area contributed by atoms with Crippen LogP contribution in [0.25, 0.3) is 0 Å². The van der Waals surface area contributed by atoms with Crippen molar-refractivity contribution >= 4 is 0 Å². The van der Waals surface area contributed by atoms with E-state index in [2.05, 4.69) is 6.92 Å². The van der Waals surface area contributed by atoms with E-state index in [1.165, 1.54) is 25.7 Å². The van der Waals surface area contributed by atoms with E-state index in [1.54, 1.807) is 6.92 Å². The molecule has 1 aromatic heterocycles. The summed E-state index contributed by atoms with van der Waals surface area (Å²) < 4.78 is 4.80. The molecule has 0 saturated heterocycles. The molecule has 4 saturated carbocycles. The standard InChI is InChI=1S/C19H24O3.2Y/c1-8-12(6-14-9(2)18(20)22-19(14)21)15-7-13(8)16-10-3-4-11(5-10)17(15)16;;/h8,10-13,15-17H,3-7H2,1-2H3;;/q-2;;. The molecule has 5 heteroatoms. The van der Waals surface area contributed by atoms with Crippen LogP contribution >= 0.6 is 0 Å². The van der Waals surface area contributed by atoms with Crippen LogP contribution in [-0.2, 0) is 71.8 Å². The van der Waals surface area contributed by atoms with Crippen molar-refractivity contribution in [3.05, 3.63) is 32.0 Å². The number of rotatable bonds is 2. The molecule has 1 heterocycles. The Morgan fingerprint density at radius 3 is 2.21 bits per heavy atom. The summed E-state index contributed by atoms with van der Waals surface area (Å²) in [5.74, 6) is 6.86. The minimum absolute atomic E-state index is 0. The molecule has 0 amide bonds. The fraction of sp³-hybridized carbons (Fsp3) is 0.789. The molecule has 0 N–H and O–H groups in total. The number of hydrogen-bond acceptors (Lipinski definition) is 3. The summed E-state index contributed by atoms with van der Waals surface area (Å²) in [6, 6.07) is 0. The van der Waals surface area contributed by atoms with Gasteiger partial charge in [-0.1, -0.05) is 6.92 Å². The number of fused-ring (bicyclic) bond motifs is 9. The largest absolute Gasteiger partial charge is 0.601 e. The van der Waals surface area contributed by atoms with Gasteiger partial charge in [0.25, 0.3) is 0 Å². The van der Waals surface area contributed by atoms with Crippen molar-refractivity contribution in [2.45, 2.75) is 46.0 Å². The van der Waals surface area contributed by atoms with Gasteiger partial charge in [0, 0.05) is 65.4 Å². The van der Waals surface area contributed by atoms with Gasteiger partial charge in [-0.05, 0) is 73.0 Å². The maximum absolute atomic E-state index is 12.0. The van der Waals surface area contributed by atoms with E-state index < -0.39 is 5.63 Å². The Morgan fingerprint density at radius 1 is 1.00 bits per heavy atom. The fourth-order valence-corrected chi connectivity index (χ4v) is 7.32. The summed E-state index contributed by atoms with van der Waals surface area (Å²) >= 11 is 0. The van der Waals surface area contributed by atoms with Crippen molar-refractivity contribution in [2.24, 2.45) is 47.3 Å². The quantitative estimate of drug-likeness (QED) is 0.486. The van der Waals surface area contributed by atoms with E-state index in [4.69, 9.17) is 4.42 Å². The van der Waals surface area contributed by atoms with Crippen LogP contribution in [-0.4, -0.2) is 0 Å². The predicted molar refractivity (Wildman–Crippen MR) is 82.9 cm³/mol. The van der Waals surface area contributed by atoms with Gasteiger partial charge in [0.15, 0.2) is 0 Å². The van der Waals surface area contributed by atoms with E-state index in [1.807, 2.05) is 0 Å². The molecule has 2 radical (unpaired) electrons. The van der Waals surface area contributed by atoms with Crippen molar-refractivity contribution in [3.63, 3.8) is 0 Å². The van der Waals surface area contributed by atoms with Crippen LogP contribution in [0.5, 0.6) is 0 Å². The topological polar surface area (TPSA) is 47.3 Å². The smallest absolute Gasteiger partial charge is 0.0767 e. The molecule has 8 unspecified atom stereocenters. The molecule has 4 bridgehead atoms. The monoisotopic (exact) mass is 478 g/mol. The molecule has 0 spiro atoms. The average molecular weight is 478 g/mol. The van der Waals surface area contributed by atoms with Gasteiger partial charge in [-0.2, -0.15) is 0 Å². The SMILES string of the molecule is C[c-]1c(=O)oc(=O)[c-]1CC1C(C)C2CC1C1C3CCC(C3)C21.[Y].[Y]. The van der Waals surface area contributed by atoms with Gasteiger partial charge in [-0.15, -0.1) is 13.3 Å². The molecule has 3 nitrogen and oxygen atoms in total. The fourth-order valence-electron chi connectivity index (χ4n) is 7.32. The molecule has 0 aromatic carbocycles. The first kappa shape index (κ1) is 19.8. The average Bonchev–Trinajstić information content (AvgIpc) is 3.24. The molecule has 4 aliphatic rings. The first-order valence-corrected chi connectivity index (χ1v) is 9.02. The van der Waals surface area contributed by atoms with Gasteiger partial charge in [0.2, 0.25) is 0 Å². The van der Waals surface area contributed by atoms with Crippen LogP contribution in [0.1, 0.15) is 43.7 Å². The molecule has 5 rings (SSSR count). The van der Waals surface area contributed by atoms with Crippen LogP contribution in [0.4, 0.5) is 0 Å². The Bertz CT molecular complexity index is 730. The Labute approximate surface area is 193 Å². The third kappa shape index (κ3) is 2.58. The molecular weight excluding hydrogens is 454 g/mol. The minimum atomic E-state index is -0.423. The van der Waals surface area contributed by atoms with Crippen LogP contribution in [0.2, 0.25) is 0 Å². The molecule has 24 heavy (non-hydrogen) atoms. The molecule has 4 fully saturated rings. The predicted octanol–water partition coefficient (Wildman–Crippen LogP) is 2.85. The summed E-state index contributed by atoms with van der Waals surface area (Å²) in [7, 11) is 0. The Hall–Kier alpha value is 1.09. The summed E-state index contributed by atoms with van der Waals surface area (Å²) in [6.45, 7) is 4.15. The number of furan rings is 1. The first-order valence-electron chi connectivity index (χ1n) is 9.02. The molecular formula is C19H24O3Y2-2. The van der Waals surface area contributed by atoms with E-state index in [9.17, 15) is 9.59 Å². The first-order chi connectivity index (χ1) is 10.6. The zero-order valence-corrected chi connectivity index (χ0v) is 20.2. The van der Waals surface area contributed by atoms with E-state index in [-0.39, 0.29) is 71.0 Å². The van der Waals surface area contributed by atoms with Gasteiger partial charge in [0.1, 0.15) is 0 Å². The van der Waals surface area contributed by atoms with Gasteiger partial charge in [-0.3, -0.25) is 11.1 Å². The Kier molecular flexibility index (Phi) is 5.72. The second-order valence-corrected chi connectivity index (χ2v) is 8.56. The van der Waals surface area contributed by atoms with Gasteiger partial charge >= 0.3 is 0 Å². The van der Waals surface area contributed by atoms with Crippen molar-refractivity contribution < 1.29 is 69.8 Å². The second kappa shape index (κ2) is 6.92.